The Morgan fingerprint density at radius 2 is 1.69 bits per heavy atom. The van der Waals surface area contributed by atoms with Gasteiger partial charge in [-0.05, 0) is 42.8 Å². The van der Waals surface area contributed by atoms with E-state index in [0.29, 0.717) is 4.31 Å². The fourth-order valence-electron chi connectivity index (χ4n) is 2.87. The molecule has 0 aliphatic carbocycles. The van der Waals surface area contributed by atoms with Crippen molar-refractivity contribution in [1.29, 1.82) is 0 Å². The zero-order valence-electron chi connectivity index (χ0n) is 14.7. The quantitative estimate of drug-likeness (QED) is 0.791. The summed E-state index contributed by atoms with van der Waals surface area (Å²) in [5.74, 6) is -1.94. The van der Waals surface area contributed by atoms with Gasteiger partial charge in [0.1, 0.15) is 11.8 Å². The van der Waals surface area contributed by atoms with Crippen LogP contribution in [-0.4, -0.2) is 36.9 Å². The normalized spacial score (nSPS) is 17.3. The fourth-order valence-corrected chi connectivity index (χ4v) is 4.50. The molecule has 1 aliphatic rings. The Kier molecular flexibility index (Phi) is 5.51. The van der Waals surface area contributed by atoms with Gasteiger partial charge in [-0.15, -0.1) is 13.2 Å². The number of hydrogen-bond donors (Lipinski definition) is 1. The summed E-state index contributed by atoms with van der Waals surface area (Å²) >= 11 is 0. The summed E-state index contributed by atoms with van der Waals surface area (Å²) in [5.41, 5.74) is 0.126. The Balaban J connectivity index is 1.77. The molecule has 2 amide bonds. The van der Waals surface area contributed by atoms with Gasteiger partial charge in [-0.1, -0.05) is 18.2 Å². The Hall–Kier alpha value is -3.08. The molecule has 2 aromatic carbocycles. The summed E-state index contributed by atoms with van der Waals surface area (Å²) in [6, 6.07) is 10.3. The van der Waals surface area contributed by atoms with Gasteiger partial charge in [0.25, 0.3) is 10.0 Å². The predicted molar refractivity (Wildman–Crippen MR) is 95.3 cm³/mol. The number of benzene rings is 2. The van der Waals surface area contributed by atoms with E-state index in [9.17, 15) is 31.2 Å². The minimum absolute atomic E-state index is 0.00794. The first-order valence-corrected chi connectivity index (χ1v) is 9.81. The van der Waals surface area contributed by atoms with Gasteiger partial charge in [0, 0.05) is 12.1 Å². The third kappa shape index (κ3) is 4.67. The van der Waals surface area contributed by atoms with E-state index in [0.717, 1.165) is 12.1 Å². The molecule has 1 N–H and O–H groups in total. The highest BCUT2D eigenvalue weighted by atomic mass is 32.2. The molecular formula is C18H15F3N2O5S. The lowest BCUT2D eigenvalue weighted by atomic mass is 10.2. The maximum atomic E-state index is 12.8. The van der Waals surface area contributed by atoms with Crippen LogP contribution in [0.3, 0.4) is 0 Å². The summed E-state index contributed by atoms with van der Waals surface area (Å²) in [6.45, 7) is 0. The number of nitrogens with one attached hydrogen (secondary N) is 1. The second kappa shape index (κ2) is 7.74. The molecule has 0 radical (unpaired) electrons. The Morgan fingerprint density at radius 3 is 2.28 bits per heavy atom. The molecular weight excluding hydrogens is 413 g/mol. The Bertz CT molecular complexity index is 1010. The smallest absolute Gasteiger partial charge is 0.406 e. The van der Waals surface area contributed by atoms with Crippen LogP contribution in [0.25, 0.3) is 0 Å². The van der Waals surface area contributed by atoms with Crippen molar-refractivity contribution in [2.75, 3.05) is 5.32 Å². The van der Waals surface area contributed by atoms with E-state index >= 15 is 0 Å². The molecule has 0 unspecified atom stereocenters. The summed E-state index contributed by atoms with van der Waals surface area (Å²) in [6.07, 6.45) is -4.98. The second-order valence-electron chi connectivity index (χ2n) is 6.12. The molecule has 11 heteroatoms. The molecule has 1 heterocycles. The largest absolute Gasteiger partial charge is 0.573 e. The highest BCUT2D eigenvalue weighted by Gasteiger charge is 2.44. The van der Waals surface area contributed by atoms with Crippen LogP contribution in [-0.2, 0) is 19.6 Å². The minimum Gasteiger partial charge on any atom is -0.406 e. The van der Waals surface area contributed by atoms with E-state index in [2.05, 4.69) is 10.1 Å². The summed E-state index contributed by atoms with van der Waals surface area (Å²) < 4.78 is 66.5. The second-order valence-corrected chi connectivity index (χ2v) is 7.94. The number of nitrogens with zero attached hydrogens (tertiary/aromatic N) is 1. The van der Waals surface area contributed by atoms with Gasteiger partial charge >= 0.3 is 6.36 Å². The van der Waals surface area contributed by atoms with Crippen molar-refractivity contribution in [3.05, 3.63) is 54.6 Å². The summed E-state index contributed by atoms with van der Waals surface area (Å²) in [4.78, 5) is 24.6. The number of rotatable bonds is 5. The van der Waals surface area contributed by atoms with Crippen molar-refractivity contribution < 1.29 is 35.9 Å². The van der Waals surface area contributed by atoms with E-state index in [1.165, 1.54) is 36.4 Å². The average molecular weight is 428 g/mol. The number of sulfonamides is 1. The lowest BCUT2D eigenvalue weighted by molar-refractivity contribution is -0.274. The van der Waals surface area contributed by atoms with Gasteiger partial charge in [0.15, 0.2) is 0 Å². The number of ether oxygens (including phenoxy) is 1. The third-order valence-corrected chi connectivity index (χ3v) is 5.96. The van der Waals surface area contributed by atoms with Gasteiger partial charge in [-0.25, -0.2) is 12.7 Å². The zero-order valence-corrected chi connectivity index (χ0v) is 15.5. The number of alkyl halides is 3. The van der Waals surface area contributed by atoms with E-state index in [4.69, 9.17) is 0 Å². The summed E-state index contributed by atoms with van der Waals surface area (Å²) in [7, 11) is -4.22. The third-order valence-electron chi connectivity index (χ3n) is 4.12. The molecule has 7 nitrogen and oxygen atoms in total. The molecule has 0 spiro atoms. The predicted octanol–water partition coefficient (Wildman–Crippen LogP) is 2.90. The first-order chi connectivity index (χ1) is 13.6. The SMILES string of the molecule is O=C(Nc1ccc(OC(F)(F)F)cc1)[C@@H]1CCC(=O)N1S(=O)(=O)c1ccccc1. The van der Waals surface area contributed by atoms with E-state index in [1.54, 1.807) is 6.07 Å². The van der Waals surface area contributed by atoms with Gasteiger partial charge in [0.2, 0.25) is 11.8 Å². The Labute approximate surface area is 164 Å². The molecule has 2 aromatic rings. The standard InChI is InChI=1S/C18H15F3N2O5S/c19-18(20,21)28-13-8-6-12(7-9-13)22-17(25)15-10-11-16(24)23(15)29(26,27)14-4-2-1-3-5-14/h1-9,15H,10-11H2,(H,22,25)/t15-/m0/s1. The van der Waals surface area contributed by atoms with Crippen molar-refractivity contribution in [1.82, 2.24) is 4.31 Å². The van der Waals surface area contributed by atoms with Crippen LogP contribution in [0, 0.1) is 0 Å². The van der Waals surface area contributed by atoms with Crippen LogP contribution >= 0.6 is 0 Å². The molecule has 0 aromatic heterocycles. The maximum absolute atomic E-state index is 12.8. The van der Waals surface area contributed by atoms with Gasteiger partial charge in [0.05, 0.1) is 4.90 Å². The number of amides is 2. The highest BCUT2D eigenvalue weighted by molar-refractivity contribution is 7.89. The van der Waals surface area contributed by atoms with Crippen LogP contribution in [0.15, 0.2) is 59.5 Å². The molecule has 1 saturated heterocycles. The van der Waals surface area contributed by atoms with Crippen molar-refractivity contribution >= 4 is 27.5 Å². The van der Waals surface area contributed by atoms with Gasteiger partial charge in [-0.2, -0.15) is 0 Å². The van der Waals surface area contributed by atoms with Crippen molar-refractivity contribution in [2.45, 2.75) is 30.1 Å². The van der Waals surface area contributed by atoms with Crippen LogP contribution in [0.1, 0.15) is 12.8 Å². The molecule has 1 atom stereocenters. The number of carbonyl (C=O) groups is 2. The lowest BCUT2D eigenvalue weighted by Crippen LogP contribution is -2.45. The van der Waals surface area contributed by atoms with E-state index in [-0.39, 0.29) is 23.4 Å². The first kappa shape index (κ1) is 20.6. The number of halogens is 3. The first-order valence-electron chi connectivity index (χ1n) is 8.37. The highest BCUT2D eigenvalue weighted by Crippen LogP contribution is 2.29. The van der Waals surface area contributed by atoms with Crippen molar-refractivity contribution in [3.8, 4) is 5.75 Å². The van der Waals surface area contributed by atoms with E-state index < -0.39 is 40.0 Å². The topological polar surface area (TPSA) is 92.8 Å². The number of carbonyl (C=O) groups excluding carboxylic acids is 2. The molecule has 29 heavy (non-hydrogen) atoms. The monoisotopic (exact) mass is 428 g/mol. The maximum Gasteiger partial charge on any atom is 0.573 e. The van der Waals surface area contributed by atoms with Crippen LogP contribution in [0.5, 0.6) is 5.75 Å². The molecule has 1 aliphatic heterocycles. The lowest BCUT2D eigenvalue weighted by Gasteiger charge is -2.23. The molecule has 0 saturated carbocycles. The van der Waals surface area contributed by atoms with Crippen LogP contribution in [0.4, 0.5) is 18.9 Å². The molecule has 1 fully saturated rings. The zero-order chi connectivity index (χ0) is 21.2. The minimum atomic E-state index is -4.85. The van der Waals surface area contributed by atoms with Gasteiger partial charge in [-0.3, -0.25) is 9.59 Å². The van der Waals surface area contributed by atoms with E-state index in [1.807, 2.05) is 0 Å². The summed E-state index contributed by atoms with van der Waals surface area (Å²) in [5, 5.41) is 2.41. The van der Waals surface area contributed by atoms with Gasteiger partial charge < -0.3 is 10.1 Å². The molecule has 3 rings (SSSR count). The van der Waals surface area contributed by atoms with Crippen LogP contribution < -0.4 is 10.1 Å². The molecule has 154 valence electrons. The number of anilines is 1. The van der Waals surface area contributed by atoms with Crippen molar-refractivity contribution in [3.63, 3.8) is 0 Å². The Morgan fingerprint density at radius 1 is 1.07 bits per heavy atom. The fraction of sp³-hybridized carbons (Fsp3) is 0.222. The number of hydrogen-bond acceptors (Lipinski definition) is 5. The average Bonchev–Trinajstić information content (AvgIpc) is 3.05. The van der Waals surface area contributed by atoms with Crippen molar-refractivity contribution in [2.24, 2.45) is 0 Å². The molecule has 0 bridgehead atoms. The van der Waals surface area contributed by atoms with Crippen LogP contribution in [0.2, 0.25) is 0 Å².